The Morgan fingerprint density at radius 3 is 1.80 bits per heavy atom. The van der Waals surface area contributed by atoms with E-state index in [0.29, 0.717) is 0 Å². The van der Waals surface area contributed by atoms with Crippen molar-refractivity contribution in [3.8, 4) is 0 Å². The molecule has 0 aromatic heterocycles. The van der Waals surface area contributed by atoms with E-state index in [4.69, 9.17) is 15.9 Å². The molecule has 8 N–H and O–H groups in total. The third-order valence-corrected chi connectivity index (χ3v) is 4.05. The van der Waals surface area contributed by atoms with Crippen molar-refractivity contribution in [2.75, 3.05) is 0 Å². The van der Waals surface area contributed by atoms with E-state index in [1.54, 1.807) is 0 Å². The van der Waals surface area contributed by atoms with Crippen molar-refractivity contribution in [3.05, 3.63) is 0 Å². The number of nitrogens with one attached hydrogen (secondary N) is 3. The van der Waals surface area contributed by atoms with E-state index < -0.39 is 59.8 Å². The monoisotopic (exact) mass is 432 g/mol. The molecule has 0 spiro atoms. The number of amides is 3. The summed E-state index contributed by atoms with van der Waals surface area (Å²) in [7, 11) is 0. The molecule has 0 aliphatic rings. The van der Waals surface area contributed by atoms with Crippen LogP contribution in [0.3, 0.4) is 0 Å². The Bertz CT molecular complexity index is 668. The van der Waals surface area contributed by atoms with Crippen molar-refractivity contribution >= 4 is 35.6 Å². The number of nitrogens with two attached hydrogens (primary N) is 1. The van der Waals surface area contributed by atoms with Crippen LogP contribution in [0.25, 0.3) is 0 Å². The fourth-order valence-electron chi connectivity index (χ4n) is 2.39. The number of aliphatic carboxylic acids is 3. The number of hydrogen-bond donors (Lipinski definition) is 7. The van der Waals surface area contributed by atoms with Crippen LogP contribution in [0.1, 0.15) is 46.0 Å². The van der Waals surface area contributed by atoms with Gasteiger partial charge in [-0.1, -0.05) is 0 Å². The lowest BCUT2D eigenvalue weighted by Crippen LogP contribution is -2.50. The summed E-state index contributed by atoms with van der Waals surface area (Å²) < 4.78 is 0. The zero-order valence-corrected chi connectivity index (χ0v) is 16.7. The summed E-state index contributed by atoms with van der Waals surface area (Å²) in [4.78, 5) is 68.1. The molecule has 3 amide bonds. The highest BCUT2D eigenvalue weighted by Crippen LogP contribution is 2.06. The molecule has 0 saturated heterocycles. The summed E-state index contributed by atoms with van der Waals surface area (Å²) in [5.74, 6) is -5.94. The molecule has 0 fully saturated rings. The maximum absolute atomic E-state index is 12.0. The lowest BCUT2D eigenvalue weighted by Gasteiger charge is -2.19. The molecule has 0 aromatic rings. The van der Waals surface area contributed by atoms with Crippen LogP contribution in [0, 0.1) is 0 Å². The first-order valence-electron chi connectivity index (χ1n) is 9.16. The molecule has 0 radical (unpaired) electrons. The second-order valence-electron chi connectivity index (χ2n) is 6.69. The average Bonchev–Trinajstić information content (AvgIpc) is 2.62. The van der Waals surface area contributed by atoms with Crippen LogP contribution < -0.4 is 21.7 Å². The van der Waals surface area contributed by atoms with Gasteiger partial charge in [-0.2, -0.15) is 0 Å². The second kappa shape index (κ2) is 13.1. The zero-order valence-electron chi connectivity index (χ0n) is 16.7. The molecule has 4 atom stereocenters. The van der Waals surface area contributed by atoms with Crippen LogP contribution >= 0.6 is 0 Å². The van der Waals surface area contributed by atoms with Crippen LogP contribution in [0.4, 0.5) is 0 Å². The maximum atomic E-state index is 12.0. The lowest BCUT2D eigenvalue weighted by molar-refractivity contribution is -0.143. The molecular weight excluding hydrogens is 404 g/mol. The summed E-state index contributed by atoms with van der Waals surface area (Å²) >= 11 is 0. The van der Waals surface area contributed by atoms with Crippen molar-refractivity contribution in [2.24, 2.45) is 5.73 Å². The largest absolute Gasteiger partial charge is 0.480 e. The van der Waals surface area contributed by atoms with Gasteiger partial charge in [-0.15, -0.1) is 0 Å². The minimum atomic E-state index is -1.42. The van der Waals surface area contributed by atoms with Crippen molar-refractivity contribution in [1.29, 1.82) is 0 Å². The fraction of sp³-hybridized carbons (Fsp3) is 0.647. The molecule has 0 bridgehead atoms. The van der Waals surface area contributed by atoms with Gasteiger partial charge in [-0.3, -0.25) is 19.2 Å². The second-order valence-corrected chi connectivity index (χ2v) is 6.69. The normalized spacial score (nSPS) is 14.5. The molecule has 13 heteroatoms. The maximum Gasteiger partial charge on any atom is 0.326 e. The molecule has 13 nitrogen and oxygen atoms in total. The SMILES string of the molecule is CC(=O)N[C@@H](C)C(=O)N[C@H](CCC(=O)N[C@@H](CCC[C@@H](N)C(=O)O)C(=O)O)C(=O)O. The molecule has 0 unspecified atom stereocenters. The molecule has 0 aliphatic heterocycles. The van der Waals surface area contributed by atoms with Gasteiger partial charge in [0.15, 0.2) is 0 Å². The number of carbonyl (C=O) groups excluding carboxylic acids is 3. The van der Waals surface area contributed by atoms with Crippen LogP contribution in [-0.2, 0) is 28.8 Å². The lowest BCUT2D eigenvalue weighted by atomic mass is 10.1. The van der Waals surface area contributed by atoms with Gasteiger partial charge in [-0.05, 0) is 32.6 Å². The van der Waals surface area contributed by atoms with Crippen molar-refractivity contribution < 1.29 is 44.1 Å². The summed E-state index contributed by atoms with van der Waals surface area (Å²) in [5.41, 5.74) is 5.33. The van der Waals surface area contributed by atoms with Gasteiger partial charge in [0.25, 0.3) is 0 Å². The van der Waals surface area contributed by atoms with Gasteiger partial charge in [0.05, 0.1) is 0 Å². The Morgan fingerprint density at radius 1 is 0.800 bits per heavy atom. The first kappa shape index (κ1) is 26.8. The van der Waals surface area contributed by atoms with Gasteiger partial charge in [0, 0.05) is 13.3 Å². The van der Waals surface area contributed by atoms with Crippen LogP contribution in [0.5, 0.6) is 0 Å². The Hall–Kier alpha value is -3.22. The van der Waals surface area contributed by atoms with Crippen LogP contribution in [0.15, 0.2) is 0 Å². The molecule has 0 rings (SSSR count). The van der Waals surface area contributed by atoms with Crippen molar-refractivity contribution in [3.63, 3.8) is 0 Å². The minimum Gasteiger partial charge on any atom is -0.480 e. The quantitative estimate of drug-likeness (QED) is 0.160. The van der Waals surface area contributed by atoms with Gasteiger partial charge in [-0.25, -0.2) is 9.59 Å². The minimum absolute atomic E-state index is 0.0224. The average molecular weight is 432 g/mol. The Kier molecular flexibility index (Phi) is 11.7. The van der Waals surface area contributed by atoms with E-state index in [1.165, 1.54) is 13.8 Å². The van der Waals surface area contributed by atoms with E-state index in [9.17, 15) is 33.9 Å². The molecule has 170 valence electrons. The molecule has 0 heterocycles. The number of carboxylic acid groups (broad SMARTS) is 3. The summed E-state index contributed by atoms with van der Waals surface area (Å²) in [5, 5.41) is 33.8. The molecule has 0 aromatic carbocycles. The Labute approximate surface area is 172 Å². The molecular formula is C17H28N4O9. The first-order valence-corrected chi connectivity index (χ1v) is 9.16. The summed E-state index contributed by atoms with van der Waals surface area (Å²) in [6.45, 7) is 2.55. The Balaban J connectivity index is 4.66. The van der Waals surface area contributed by atoms with E-state index in [2.05, 4.69) is 16.0 Å². The predicted octanol–water partition coefficient (Wildman–Crippen LogP) is -1.99. The molecule has 30 heavy (non-hydrogen) atoms. The van der Waals surface area contributed by atoms with Crippen LogP contribution in [0.2, 0.25) is 0 Å². The number of carboxylic acids is 3. The smallest absolute Gasteiger partial charge is 0.326 e. The number of carbonyl (C=O) groups is 6. The highest BCUT2D eigenvalue weighted by atomic mass is 16.4. The van der Waals surface area contributed by atoms with Crippen LogP contribution in [-0.4, -0.2) is 75.1 Å². The van der Waals surface area contributed by atoms with Gasteiger partial charge < -0.3 is 37.0 Å². The number of hydrogen-bond acceptors (Lipinski definition) is 7. The van der Waals surface area contributed by atoms with E-state index in [0.717, 1.165) is 0 Å². The third kappa shape index (κ3) is 10.9. The van der Waals surface area contributed by atoms with Gasteiger partial charge in [0.1, 0.15) is 24.2 Å². The van der Waals surface area contributed by atoms with E-state index in [1.807, 2.05) is 0 Å². The van der Waals surface area contributed by atoms with E-state index in [-0.39, 0.29) is 32.1 Å². The topological polar surface area (TPSA) is 225 Å². The summed E-state index contributed by atoms with van der Waals surface area (Å²) in [6, 6.07) is -4.84. The van der Waals surface area contributed by atoms with Crippen molar-refractivity contribution in [2.45, 2.75) is 70.1 Å². The fourth-order valence-corrected chi connectivity index (χ4v) is 2.39. The summed E-state index contributed by atoms with van der Waals surface area (Å²) in [6.07, 6.45) is -0.594. The molecule has 0 aliphatic carbocycles. The predicted molar refractivity (Wildman–Crippen MR) is 101 cm³/mol. The zero-order chi connectivity index (χ0) is 23.4. The van der Waals surface area contributed by atoms with Gasteiger partial charge >= 0.3 is 17.9 Å². The highest BCUT2D eigenvalue weighted by Gasteiger charge is 2.26. The highest BCUT2D eigenvalue weighted by molar-refractivity contribution is 5.90. The third-order valence-electron chi connectivity index (χ3n) is 4.05. The Morgan fingerprint density at radius 2 is 1.33 bits per heavy atom. The standard InChI is InChI=1S/C17H28N4O9/c1-8(19-9(2)22)14(24)21-12(17(29)30)6-7-13(23)20-11(16(27)28)5-3-4-10(18)15(25)26/h8,10-12H,3-7,18H2,1-2H3,(H,19,22)(H,20,23)(H,21,24)(H,25,26)(H,27,28)(H,29,30)/t8-,10+,11-,12+/m0/s1. The molecule has 0 saturated carbocycles. The van der Waals surface area contributed by atoms with Crippen molar-refractivity contribution in [1.82, 2.24) is 16.0 Å². The number of rotatable bonds is 14. The van der Waals surface area contributed by atoms with Gasteiger partial charge in [0.2, 0.25) is 17.7 Å². The van der Waals surface area contributed by atoms with E-state index >= 15 is 0 Å². The first-order chi connectivity index (χ1) is 13.8.